The molecule has 0 aromatic carbocycles. The fourth-order valence-corrected chi connectivity index (χ4v) is 0.638. The van der Waals surface area contributed by atoms with Crippen molar-refractivity contribution < 1.29 is 9.59 Å². The molecule has 64 valence electrons. The fraction of sp³-hybridized carbons (Fsp3) is 0.667. The molecule has 0 fully saturated rings. The van der Waals surface area contributed by atoms with Crippen LogP contribution in [0.15, 0.2) is 0 Å². The molecule has 0 saturated carbocycles. The third-order valence-corrected chi connectivity index (χ3v) is 1.30. The van der Waals surface area contributed by atoms with Crippen LogP contribution in [0.1, 0.15) is 19.3 Å². The summed E-state index contributed by atoms with van der Waals surface area (Å²) in [6, 6.07) is -0.658. The van der Waals surface area contributed by atoms with E-state index >= 15 is 0 Å². The maximum atomic E-state index is 10.4. The molecular weight excluding hydrogens is 146 g/mol. The van der Waals surface area contributed by atoms with Crippen LogP contribution in [0.2, 0.25) is 0 Å². The molecule has 5 heteroatoms. The average Bonchev–Trinajstić information content (AvgIpc) is 1.86. The van der Waals surface area contributed by atoms with Gasteiger partial charge in [0.1, 0.15) is 0 Å². The third kappa shape index (κ3) is 5.35. The Bertz CT molecular complexity index is 158. The van der Waals surface area contributed by atoms with Crippen molar-refractivity contribution in [2.75, 3.05) is 0 Å². The van der Waals surface area contributed by atoms with Gasteiger partial charge in [0.15, 0.2) is 0 Å². The predicted molar refractivity (Wildman–Crippen MR) is 40.2 cm³/mol. The largest absolute Gasteiger partial charge is 0.370 e. The average molecular weight is 159 g/mol. The number of carbonyl (C=O) groups is 2. The maximum Gasteiger partial charge on any atom is 0.234 e. The first-order valence-corrected chi connectivity index (χ1v) is 3.37. The molecule has 0 bridgehead atoms. The van der Waals surface area contributed by atoms with E-state index < -0.39 is 11.9 Å². The summed E-state index contributed by atoms with van der Waals surface area (Å²) in [6.07, 6.45) is 1.18. The van der Waals surface area contributed by atoms with Crippen LogP contribution in [-0.4, -0.2) is 17.9 Å². The number of rotatable bonds is 5. The van der Waals surface area contributed by atoms with Crippen molar-refractivity contribution in [3.05, 3.63) is 0 Å². The molecule has 0 aliphatic heterocycles. The number of hydrogen-bond donors (Lipinski definition) is 3. The highest BCUT2D eigenvalue weighted by Gasteiger charge is 2.08. The van der Waals surface area contributed by atoms with E-state index in [1.807, 2.05) is 0 Å². The second-order valence-corrected chi connectivity index (χ2v) is 2.37. The summed E-state index contributed by atoms with van der Waals surface area (Å²) in [5, 5.41) is 0. The minimum Gasteiger partial charge on any atom is -0.370 e. The molecule has 0 heterocycles. The molecule has 5 nitrogen and oxygen atoms in total. The van der Waals surface area contributed by atoms with Crippen LogP contribution >= 0.6 is 0 Å². The second kappa shape index (κ2) is 4.68. The van der Waals surface area contributed by atoms with Gasteiger partial charge in [0.2, 0.25) is 11.8 Å². The van der Waals surface area contributed by atoms with Crippen LogP contribution in [0.25, 0.3) is 0 Å². The van der Waals surface area contributed by atoms with Gasteiger partial charge in [-0.3, -0.25) is 9.59 Å². The predicted octanol–water partition coefficient (Wildman–Crippen LogP) is -1.55. The Morgan fingerprint density at radius 1 is 1.27 bits per heavy atom. The first kappa shape index (κ1) is 9.90. The van der Waals surface area contributed by atoms with Crippen molar-refractivity contribution in [3.8, 4) is 0 Å². The quantitative estimate of drug-likeness (QED) is 0.451. The number of hydrogen-bond acceptors (Lipinski definition) is 3. The molecule has 0 saturated heterocycles. The highest BCUT2D eigenvalue weighted by atomic mass is 16.1. The summed E-state index contributed by atoms with van der Waals surface area (Å²) in [7, 11) is 0. The van der Waals surface area contributed by atoms with E-state index in [1.165, 1.54) is 0 Å². The summed E-state index contributed by atoms with van der Waals surface area (Å²) in [5.74, 6) is -0.934. The molecule has 11 heavy (non-hydrogen) atoms. The first-order valence-electron chi connectivity index (χ1n) is 3.37. The minimum absolute atomic E-state index is 0.251. The van der Waals surface area contributed by atoms with Crippen LogP contribution in [-0.2, 0) is 9.59 Å². The number of nitrogens with two attached hydrogens (primary N) is 3. The van der Waals surface area contributed by atoms with Gasteiger partial charge in [0.05, 0.1) is 6.04 Å². The Morgan fingerprint density at radius 2 is 1.82 bits per heavy atom. The molecule has 0 radical (unpaired) electrons. The molecule has 1 atom stereocenters. The summed E-state index contributed by atoms with van der Waals surface area (Å²) in [4.78, 5) is 20.6. The van der Waals surface area contributed by atoms with Crippen LogP contribution in [0.3, 0.4) is 0 Å². The zero-order chi connectivity index (χ0) is 8.85. The lowest BCUT2D eigenvalue weighted by Gasteiger charge is -2.04. The van der Waals surface area contributed by atoms with E-state index in [1.54, 1.807) is 0 Å². The lowest BCUT2D eigenvalue weighted by Crippen LogP contribution is -2.36. The Labute approximate surface area is 64.9 Å². The molecule has 1 unspecified atom stereocenters. The normalized spacial score (nSPS) is 12.5. The minimum atomic E-state index is -0.658. The van der Waals surface area contributed by atoms with Crippen molar-refractivity contribution >= 4 is 11.8 Å². The Hall–Kier alpha value is -1.10. The van der Waals surface area contributed by atoms with E-state index in [0.29, 0.717) is 12.8 Å². The molecule has 2 amide bonds. The zero-order valence-electron chi connectivity index (χ0n) is 6.25. The van der Waals surface area contributed by atoms with Gasteiger partial charge >= 0.3 is 0 Å². The van der Waals surface area contributed by atoms with Gasteiger partial charge in [-0.1, -0.05) is 0 Å². The fourth-order valence-electron chi connectivity index (χ4n) is 0.638. The van der Waals surface area contributed by atoms with Crippen LogP contribution in [0.4, 0.5) is 0 Å². The number of amides is 2. The van der Waals surface area contributed by atoms with E-state index in [9.17, 15) is 9.59 Å². The van der Waals surface area contributed by atoms with Gasteiger partial charge in [-0.25, -0.2) is 0 Å². The monoisotopic (exact) mass is 159 g/mol. The van der Waals surface area contributed by atoms with Gasteiger partial charge in [0.25, 0.3) is 0 Å². The molecule has 0 spiro atoms. The molecular formula is C6H13N3O2. The molecule has 0 rings (SSSR count). The molecule has 6 N–H and O–H groups in total. The van der Waals surface area contributed by atoms with E-state index in [4.69, 9.17) is 17.2 Å². The van der Waals surface area contributed by atoms with Gasteiger partial charge in [-0.15, -0.1) is 0 Å². The zero-order valence-corrected chi connectivity index (χ0v) is 6.25. The topological polar surface area (TPSA) is 112 Å². The van der Waals surface area contributed by atoms with Crippen LogP contribution < -0.4 is 17.2 Å². The van der Waals surface area contributed by atoms with Crippen LogP contribution in [0.5, 0.6) is 0 Å². The van der Waals surface area contributed by atoms with Crippen molar-refractivity contribution in [1.82, 2.24) is 0 Å². The molecule has 0 aromatic rings. The summed E-state index contributed by atoms with van der Waals surface area (Å²) in [5.41, 5.74) is 15.0. The van der Waals surface area contributed by atoms with Gasteiger partial charge < -0.3 is 17.2 Å². The van der Waals surface area contributed by atoms with Crippen molar-refractivity contribution in [2.45, 2.75) is 25.3 Å². The number of carbonyl (C=O) groups excluding carboxylic acids is 2. The Kier molecular flexibility index (Phi) is 4.21. The van der Waals surface area contributed by atoms with E-state index in [2.05, 4.69) is 0 Å². The van der Waals surface area contributed by atoms with Crippen molar-refractivity contribution in [2.24, 2.45) is 17.2 Å². The SMILES string of the molecule is NC(=O)CCCC(N)C(N)=O. The summed E-state index contributed by atoms with van der Waals surface area (Å²) < 4.78 is 0. The smallest absolute Gasteiger partial charge is 0.234 e. The maximum absolute atomic E-state index is 10.4. The third-order valence-electron chi connectivity index (χ3n) is 1.30. The van der Waals surface area contributed by atoms with Gasteiger partial charge in [0, 0.05) is 6.42 Å². The molecule has 0 aliphatic carbocycles. The van der Waals surface area contributed by atoms with Gasteiger partial charge in [-0.2, -0.15) is 0 Å². The lowest BCUT2D eigenvalue weighted by atomic mass is 10.1. The van der Waals surface area contributed by atoms with E-state index in [0.717, 1.165) is 0 Å². The summed E-state index contributed by atoms with van der Waals surface area (Å²) in [6.45, 7) is 0. The summed E-state index contributed by atoms with van der Waals surface area (Å²) >= 11 is 0. The van der Waals surface area contributed by atoms with E-state index in [-0.39, 0.29) is 12.3 Å². The molecule has 0 aromatic heterocycles. The van der Waals surface area contributed by atoms with Crippen molar-refractivity contribution in [3.63, 3.8) is 0 Å². The number of primary amides is 2. The van der Waals surface area contributed by atoms with Crippen molar-refractivity contribution in [1.29, 1.82) is 0 Å². The Morgan fingerprint density at radius 3 is 2.18 bits per heavy atom. The van der Waals surface area contributed by atoms with Gasteiger partial charge in [-0.05, 0) is 12.8 Å². The molecule has 0 aliphatic rings. The first-order chi connectivity index (χ1) is 5.04. The highest BCUT2D eigenvalue weighted by molar-refractivity contribution is 5.79. The lowest BCUT2D eigenvalue weighted by molar-refractivity contribution is -0.120. The standard InChI is InChI=1S/C6H13N3O2/c7-4(6(9)11)2-1-3-5(8)10/h4H,1-3,7H2,(H2,8,10)(H2,9,11). The highest BCUT2D eigenvalue weighted by Crippen LogP contribution is 1.97. The van der Waals surface area contributed by atoms with Crippen LogP contribution in [0, 0.1) is 0 Å². The second-order valence-electron chi connectivity index (χ2n) is 2.37. The Balaban J connectivity index is 3.39.